The number of rotatable bonds is 4. The van der Waals surface area contributed by atoms with E-state index < -0.39 is 0 Å². The Kier molecular flexibility index (Phi) is 4.44. The van der Waals surface area contributed by atoms with Crippen LogP contribution in [0.2, 0.25) is 0 Å². The lowest BCUT2D eigenvalue weighted by molar-refractivity contribution is 0.270. The van der Waals surface area contributed by atoms with Gasteiger partial charge < -0.3 is 4.90 Å². The molecule has 0 aromatic heterocycles. The average molecular weight is 257 g/mol. The third-order valence-electron chi connectivity index (χ3n) is 4.16. The summed E-state index contributed by atoms with van der Waals surface area (Å²) in [6.45, 7) is 7.69. The van der Waals surface area contributed by atoms with Gasteiger partial charge in [0.15, 0.2) is 0 Å². The lowest BCUT2D eigenvalue weighted by atomic mass is 10.1. The monoisotopic (exact) mass is 257 g/mol. The van der Waals surface area contributed by atoms with Gasteiger partial charge in [0, 0.05) is 25.3 Å². The summed E-state index contributed by atoms with van der Waals surface area (Å²) in [5, 5.41) is 8.97. The zero-order valence-electron chi connectivity index (χ0n) is 12.2. The van der Waals surface area contributed by atoms with Crippen LogP contribution in [0.1, 0.15) is 30.9 Å². The molecule has 2 rings (SSSR count). The number of hydrogen-bond acceptors (Lipinski definition) is 3. The molecule has 0 bridgehead atoms. The number of nitriles is 1. The number of nitrogens with zero attached hydrogens (tertiary/aromatic N) is 3. The first-order valence-corrected chi connectivity index (χ1v) is 7.11. The predicted molar refractivity (Wildman–Crippen MR) is 79.4 cm³/mol. The van der Waals surface area contributed by atoms with Gasteiger partial charge in [0.2, 0.25) is 0 Å². The Labute approximate surface area is 116 Å². The SMILES string of the molecule is CCN1CCCC1CN(C)c1ccc(C#N)c(C)c1. The molecule has 0 aliphatic carbocycles. The Bertz CT molecular complexity index is 475. The number of benzene rings is 1. The van der Waals surface area contributed by atoms with Crippen molar-refractivity contribution in [3.8, 4) is 6.07 Å². The van der Waals surface area contributed by atoms with Crippen LogP contribution in [0.4, 0.5) is 5.69 Å². The van der Waals surface area contributed by atoms with E-state index in [0.717, 1.165) is 24.2 Å². The normalized spacial score (nSPS) is 19.4. The molecule has 102 valence electrons. The minimum Gasteiger partial charge on any atom is -0.373 e. The molecule has 0 radical (unpaired) electrons. The van der Waals surface area contributed by atoms with Crippen molar-refractivity contribution in [2.24, 2.45) is 0 Å². The van der Waals surface area contributed by atoms with Crippen molar-refractivity contribution >= 4 is 5.69 Å². The van der Waals surface area contributed by atoms with Gasteiger partial charge in [0.25, 0.3) is 0 Å². The first-order chi connectivity index (χ1) is 9.15. The summed E-state index contributed by atoms with van der Waals surface area (Å²) in [7, 11) is 2.15. The van der Waals surface area contributed by atoms with E-state index in [9.17, 15) is 0 Å². The van der Waals surface area contributed by atoms with Crippen molar-refractivity contribution in [2.45, 2.75) is 32.7 Å². The molecule has 0 saturated carbocycles. The summed E-state index contributed by atoms with van der Waals surface area (Å²) in [6, 6.07) is 8.99. The summed E-state index contributed by atoms with van der Waals surface area (Å²) >= 11 is 0. The third-order valence-corrected chi connectivity index (χ3v) is 4.16. The zero-order chi connectivity index (χ0) is 13.8. The highest BCUT2D eigenvalue weighted by Gasteiger charge is 2.24. The van der Waals surface area contributed by atoms with Crippen LogP contribution in [0, 0.1) is 18.3 Å². The molecule has 1 aromatic rings. The Morgan fingerprint density at radius 2 is 2.26 bits per heavy atom. The molecule has 1 aliphatic heterocycles. The summed E-state index contributed by atoms with van der Waals surface area (Å²) in [6.07, 6.45) is 2.62. The van der Waals surface area contributed by atoms with Crippen molar-refractivity contribution < 1.29 is 0 Å². The van der Waals surface area contributed by atoms with Gasteiger partial charge in [-0.3, -0.25) is 4.90 Å². The van der Waals surface area contributed by atoms with Crippen LogP contribution >= 0.6 is 0 Å². The second-order valence-electron chi connectivity index (χ2n) is 5.42. The van der Waals surface area contributed by atoms with Crippen molar-refractivity contribution in [1.29, 1.82) is 5.26 Å². The third kappa shape index (κ3) is 3.08. The van der Waals surface area contributed by atoms with E-state index in [-0.39, 0.29) is 0 Å². The standard InChI is InChI=1S/C16H23N3/c1-4-19-9-5-6-16(19)12-18(3)15-8-7-14(11-17)13(2)10-15/h7-8,10,16H,4-6,9,12H2,1-3H3. The quantitative estimate of drug-likeness (QED) is 0.831. The first kappa shape index (κ1) is 13.9. The number of aryl methyl sites for hydroxylation is 1. The fraction of sp³-hybridized carbons (Fsp3) is 0.562. The van der Waals surface area contributed by atoms with Crippen LogP contribution in [0.25, 0.3) is 0 Å². The summed E-state index contributed by atoms with van der Waals surface area (Å²) in [4.78, 5) is 4.87. The second kappa shape index (κ2) is 6.08. The lowest BCUT2D eigenvalue weighted by Crippen LogP contribution is -2.38. The molecule has 0 N–H and O–H groups in total. The van der Waals surface area contributed by atoms with Crippen LogP contribution in [0.15, 0.2) is 18.2 Å². The highest BCUT2D eigenvalue weighted by atomic mass is 15.2. The van der Waals surface area contributed by atoms with E-state index in [2.05, 4.69) is 42.0 Å². The van der Waals surface area contributed by atoms with Crippen molar-refractivity contribution in [1.82, 2.24) is 4.90 Å². The molecule has 1 unspecified atom stereocenters. The second-order valence-corrected chi connectivity index (χ2v) is 5.42. The van der Waals surface area contributed by atoms with Crippen LogP contribution in [0.5, 0.6) is 0 Å². The van der Waals surface area contributed by atoms with Gasteiger partial charge in [-0.05, 0) is 56.6 Å². The molecule has 19 heavy (non-hydrogen) atoms. The van der Waals surface area contributed by atoms with E-state index in [1.165, 1.54) is 25.1 Å². The highest BCUT2D eigenvalue weighted by Crippen LogP contribution is 2.22. The van der Waals surface area contributed by atoms with Crippen molar-refractivity contribution in [3.63, 3.8) is 0 Å². The largest absolute Gasteiger partial charge is 0.373 e. The van der Waals surface area contributed by atoms with E-state index in [0.29, 0.717) is 6.04 Å². The van der Waals surface area contributed by atoms with Gasteiger partial charge in [-0.25, -0.2) is 0 Å². The van der Waals surface area contributed by atoms with Gasteiger partial charge in [0.05, 0.1) is 11.6 Å². The summed E-state index contributed by atoms with van der Waals surface area (Å²) in [5.74, 6) is 0. The fourth-order valence-corrected chi connectivity index (χ4v) is 2.95. The maximum absolute atomic E-state index is 8.97. The Balaban J connectivity index is 2.06. The minimum absolute atomic E-state index is 0.672. The van der Waals surface area contributed by atoms with Crippen LogP contribution in [-0.4, -0.2) is 37.6 Å². The lowest BCUT2D eigenvalue weighted by Gasteiger charge is -2.29. The van der Waals surface area contributed by atoms with Crippen LogP contribution < -0.4 is 4.90 Å². The Morgan fingerprint density at radius 3 is 2.89 bits per heavy atom. The van der Waals surface area contributed by atoms with Gasteiger partial charge in [-0.15, -0.1) is 0 Å². The van der Waals surface area contributed by atoms with E-state index >= 15 is 0 Å². The van der Waals surface area contributed by atoms with Gasteiger partial charge in [-0.1, -0.05) is 6.92 Å². The van der Waals surface area contributed by atoms with Gasteiger partial charge >= 0.3 is 0 Å². The smallest absolute Gasteiger partial charge is 0.0994 e. The van der Waals surface area contributed by atoms with Crippen LogP contribution in [0.3, 0.4) is 0 Å². The molecule has 3 nitrogen and oxygen atoms in total. The fourth-order valence-electron chi connectivity index (χ4n) is 2.95. The molecule has 0 spiro atoms. The molecule has 1 aromatic carbocycles. The topological polar surface area (TPSA) is 30.3 Å². The molecule has 0 amide bonds. The molecule has 1 heterocycles. The molecule has 1 aliphatic rings. The van der Waals surface area contributed by atoms with Crippen molar-refractivity contribution in [3.05, 3.63) is 29.3 Å². The number of likely N-dealkylation sites (tertiary alicyclic amines) is 1. The van der Waals surface area contributed by atoms with Gasteiger partial charge in [0.1, 0.15) is 0 Å². The maximum Gasteiger partial charge on any atom is 0.0994 e. The molecule has 1 atom stereocenters. The van der Waals surface area contributed by atoms with E-state index in [4.69, 9.17) is 5.26 Å². The van der Waals surface area contributed by atoms with Crippen molar-refractivity contribution in [2.75, 3.05) is 31.6 Å². The van der Waals surface area contributed by atoms with E-state index in [1.807, 2.05) is 13.0 Å². The zero-order valence-corrected chi connectivity index (χ0v) is 12.2. The highest BCUT2D eigenvalue weighted by molar-refractivity contribution is 5.53. The Hall–Kier alpha value is -1.53. The molecule has 1 saturated heterocycles. The molecule has 3 heteroatoms. The number of hydrogen-bond donors (Lipinski definition) is 0. The molecular weight excluding hydrogens is 234 g/mol. The Morgan fingerprint density at radius 1 is 1.47 bits per heavy atom. The molecular formula is C16H23N3. The summed E-state index contributed by atoms with van der Waals surface area (Å²) < 4.78 is 0. The molecule has 1 fully saturated rings. The minimum atomic E-state index is 0.672. The maximum atomic E-state index is 8.97. The average Bonchev–Trinajstić information content (AvgIpc) is 2.85. The summed E-state index contributed by atoms with van der Waals surface area (Å²) in [5.41, 5.74) is 3.04. The van der Waals surface area contributed by atoms with Crippen LogP contribution in [-0.2, 0) is 0 Å². The van der Waals surface area contributed by atoms with E-state index in [1.54, 1.807) is 0 Å². The predicted octanol–water partition coefficient (Wildman–Crippen LogP) is 2.79. The number of likely N-dealkylation sites (N-methyl/N-ethyl adjacent to an activating group) is 2. The van der Waals surface area contributed by atoms with Gasteiger partial charge in [-0.2, -0.15) is 5.26 Å². The first-order valence-electron chi connectivity index (χ1n) is 7.11. The number of anilines is 1.